The molecule has 0 saturated heterocycles. The van der Waals surface area contributed by atoms with Crippen molar-refractivity contribution >= 4 is 7.82 Å². The van der Waals surface area contributed by atoms with Crippen LogP contribution in [0.4, 0.5) is 0 Å². The summed E-state index contributed by atoms with van der Waals surface area (Å²) >= 11 is 0. The topological polar surface area (TPSA) is 85.2 Å². The molecule has 0 spiro atoms. The summed E-state index contributed by atoms with van der Waals surface area (Å²) in [7, 11) is -4.66. The first-order valence-corrected chi connectivity index (χ1v) is 8.95. The highest BCUT2D eigenvalue weighted by molar-refractivity contribution is 7.46. The van der Waals surface area contributed by atoms with E-state index >= 15 is 0 Å². The molecule has 0 unspecified atom stereocenters. The predicted molar refractivity (Wildman–Crippen MR) is 81.4 cm³/mol. The van der Waals surface area contributed by atoms with E-state index in [1.54, 1.807) is 0 Å². The minimum absolute atomic E-state index is 0.268. The van der Waals surface area contributed by atoms with Gasteiger partial charge in [-0.15, -0.1) is 4.67 Å². The molecule has 0 heterocycles. The van der Waals surface area contributed by atoms with Gasteiger partial charge in [0.15, 0.2) is 0 Å². The molecule has 2 N–H and O–H groups in total. The van der Waals surface area contributed by atoms with E-state index in [1.807, 2.05) is 18.2 Å². The Morgan fingerprint density at radius 2 is 1.86 bits per heavy atom. The molecule has 22 heavy (non-hydrogen) atoms. The zero-order valence-corrected chi connectivity index (χ0v) is 14.0. The average molecular weight is 330 g/mol. The Hall–Kier alpha value is -0.910. The molecule has 0 bridgehead atoms. The number of hydrogen-bond acceptors (Lipinski definition) is 4. The van der Waals surface area contributed by atoms with Crippen LogP contribution >= 0.6 is 7.82 Å². The van der Waals surface area contributed by atoms with Gasteiger partial charge in [-0.25, -0.2) is 4.57 Å². The van der Waals surface area contributed by atoms with E-state index in [-0.39, 0.29) is 12.7 Å². The van der Waals surface area contributed by atoms with Gasteiger partial charge >= 0.3 is 7.82 Å². The van der Waals surface area contributed by atoms with E-state index < -0.39 is 7.82 Å². The van der Waals surface area contributed by atoms with E-state index in [4.69, 9.17) is 14.5 Å². The van der Waals surface area contributed by atoms with Crippen LogP contribution in [0.25, 0.3) is 0 Å². The molecular weight excluding hydrogens is 307 g/mol. The lowest BCUT2D eigenvalue weighted by Crippen LogP contribution is -2.09. The Morgan fingerprint density at radius 1 is 1.23 bits per heavy atom. The van der Waals surface area contributed by atoms with E-state index in [0.717, 1.165) is 16.9 Å². The lowest BCUT2D eigenvalue weighted by molar-refractivity contribution is -0.258. The van der Waals surface area contributed by atoms with Crippen LogP contribution in [0, 0.1) is 5.92 Å². The van der Waals surface area contributed by atoms with Gasteiger partial charge in [-0.1, -0.05) is 39.0 Å². The molecule has 0 aromatic heterocycles. The first kappa shape index (κ1) is 17.4. The Bertz CT molecular complexity index is 549. The largest absolute Gasteiger partial charge is 0.497 e. The van der Waals surface area contributed by atoms with Crippen molar-refractivity contribution in [3.63, 3.8) is 0 Å². The van der Waals surface area contributed by atoms with Crippen molar-refractivity contribution in [1.29, 1.82) is 0 Å². The number of para-hydroxylation sites is 1. The van der Waals surface area contributed by atoms with E-state index in [0.29, 0.717) is 11.8 Å². The third-order valence-corrected chi connectivity index (χ3v) is 4.22. The summed E-state index contributed by atoms with van der Waals surface area (Å²) in [4.78, 5) is 21.6. The quantitative estimate of drug-likeness (QED) is 0.248. The van der Waals surface area contributed by atoms with Crippen LogP contribution in [0.2, 0.25) is 0 Å². The first-order valence-electron chi connectivity index (χ1n) is 7.42. The van der Waals surface area contributed by atoms with Crippen molar-refractivity contribution in [1.82, 2.24) is 0 Å². The van der Waals surface area contributed by atoms with Crippen LogP contribution in [-0.2, 0) is 14.1 Å². The van der Waals surface area contributed by atoms with Crippen molar-refractivity contribution in [3.05, 3.63) is 29.3 Å². The smallest absolute Gasteiger partial charge is 0.464 e. The fourth-order valence-electron chi connectivity index (χ4n) is 2.58. The monoisotopic (exact) mass is 330 g/mol. The summed E-state index contributed by atoms with van der Waals surface area (Å²) in [6, 6.07) is 6.05. The normalized spacial score (nSPS) is 16.8. The number of rotatable bonds is 8. The maximum absolute atomic E-state index is 10.6. The van der Waals surface area contributed by atoms with E-state index in [2.05, 4.69) is 30.3 Å². The molecule has 1 saturated carbocycles. The highest BCUT2D eigenvalue weighted by Crippen LogP contribution is 2.46. The fourth-order valence-corrected chi connectivity index (χ4v) is 2.76. The highest BCUT2D eigenvalue weighted by atomic mass is 31.2. The Balaban J connectivity index is 2.13. The lowest BCUT2D eigenvalue weighted by atomic mass is 9.90. The fraction of sp³-hybridized carbons (Fsp3) is 0.600. The third kappa shape index (κ3) is 4.80. The molecular formula is C15H23O6P. The summed E-state index contributed by atoms with van der Waals surface area (Å²) in [5, 5.41) is 0. The summed E-state index contributed by atoms with van der Waals surface area (Å²) in [5.74, 6) is 2.06. The van der Waals surface area contributed by atoms with Crippen molar-refractivity contribution in [2.24, 2.45) is 5.92 Å². The number of hydrogen-bond donors (Lipinski definition) is 2. The molecule has 1 aromatic rings. The Labute approximate surface area is 130 Å². The SMILES string of the molecule is CC(C)c1cccc([C@H](C)C2CC2)c1OCOOP(=O)(O)O. The molecule has 0 aliphatic heterocycles. The van der Waals surface area contributed by atoms with Crippen LogP contribution in [0.3, 0.4) is 0 Å². The van der Waals surface area contributed by atoms with Crippen LogP contribution in [0.5, 0.6) is 5.75 Å². The third-order valence-electron chi connectivity index (χ3n) is 3.92. The summed E-state index contributed by atoms with van der Waals surface area (Å²) < 4.78 is 20.2. The van der Waals surface area contributed by atoms with Crippen molar-refractivity contribution in [3.8, 4) is 5.75 Å². The zero-order valence-electron chi connectivity index (χ0n) is 13.1. The maximum Gasteiger partial charge on any atom is 0.497 e. The van der Waals surface area contributed by atoms with Gasteiger partial charge in [0.1, 0.15) is 5.75 Å². The van der Waals surface area contributed by atoms with Gasteiger partial charge in [0, 0.05) is 0 Å². The highest BCUT2D eigenvalue weighted by Gasteiger charge is 2.31. The minimum Gasteiger partial charge on any atom is -0.464 e. The van der Waals surface area contributed by atoms with Gasteiger partial charge in [0.2, 0.25) is 6.79 Å². The molecule has 1 aliphatic carbocycles. The van der Waals surface area contributed by atoms with Gasteiger partial charge in [-0.3, -0.25) is 0 Å². The number of ether oxygens (including phenoxy) is 1. The van der Waals surface area contributed by atoms with Crippen molar-refractivity contribution in [2.75, 3.05) is 6.79 Å². The van der Waals surface area contributed by atoms with Gasteiger partial charge in [0.05, 0.1) is 0 Å². The molecule has 1 fully saturated rings. The maximum atomic E-state index is 10.6. The van der Waals surface area contributed by atoms with Crippen LogP contribution < -0.4 is 4.74 Å². The van der Waals surface area contributed by atoms with Crippen molar-refractivity contribution in [2.45, 2.75) is 45.4 Å². The molecule has 7 heteroatoms. The van der Waals surface area contributed by atoms with E-state index in [1.165, 1.54) is 12.8 Å². The second-order valence-electron chi connectivity index (χ2n) is 5.99. The van der Waals surface area contributed by atoms with Gasteiger partial charge in [0.25, 0.3) is 0 Å². The Morgan fingerprint density at radius 3 is 2.41 bits per heavy atom. The molecule has 1 aromatic carbocycles. The molecule has 1 aliphatic rings. The van der Waals surface area contributed by atoms with Crippen LogP contribution in [0.1, 0.15) is 56.6 Å². The molecule has 6 nitrogen and oxygen atoms in total. The number of phosphoric acid groups is 1. The minimum atomic E-state index is -4.66. The summed E-state index contributed by atoms with van der Waals surface area (Å²) in [6.07, 6.45) is 2.45. The van der Waals surface area contributed by atoms with Gasteiger partial charge in [-0.05, 0) is 41.7 Å². The molecule has 2 rings (SSSR count). The molecule has 124 valence electrons. The van der Waals surface area contributed by atoms with Crippen molar-refractivity contribution < 1.29 is 28.7 Å². The number of benzene rings is 1. The van der Waals surface area contributed by atoms with Crippen LogP contribution in [-0.4, -0.2) is 16.6 Å². The average Bonchev–Trinajstić information content (AvgIpc) is 3.26. The second kappa shape index (κ2) is 7.11. The van der Waals surface area contributed by atoms with Gasteiger partial charge in [-0.2, -0.15) is 4.89 Å². The zero-order chi connectivity index (χ0) is 16.3. The summed E-state index contributed by atoms with van der Waals surface area (Å²) in [6.45, 7) is 5.94. The Kier molecular flexibility index (Phi) is 5.64. The lowest BCUT2D eigenvalue weighted by Gasteiger charge is -2.21. The standard InChI is InChI=1S/C15H23O6P/c1-10(2)13-5-4-6-14(11(3)12-7-8-12)15(13)19-9-20-21-22(16,17)18/h4-6,10-12H,7-9H2,1-3H3,(H2,16,17,18)/t11-/m1/s1. The first-order chi connectivity index (χ1) is 10.3. The molecule has 0 radical (unpaired) electrons. The predicted octanol–water partition coefficient (Wildman–Crippen LogP) is 3.70. The second-order valence-corrected chi connectivity index (χ2v) is 7.12. The van der Waals surface area contributed by atoms with Gasteiger partial charge < -0.3 is 14.5 Å². The molecule has 0 amide bonds. The van der Waals surface area contributed by atoms with Crippen LogP contribution in [0.15, 0.2) is 18.2 Å². The summed E-state index contributed by atoms with van der Waals surface area (Å²) in [5.41, 5.74) is 2.15. The van der Waals surface area contributed by atoms with E-state index in [9.17, 15) is 4.57 Å². The molecule has 1 atom stereocenters.